The average Bonchev–Trinajstić information content (AvgIpc) is 3.01. The molecule has 6 nitrogen and oxygen atoms in total. The van der Waals surface area contributed by atoms with Crippen molar-refractivity contribution in [2.75, 3.05) is 0 Å². The Kier molecular flexibility index (Phi) is 3.37. The highest BCUT2D eigenvalue weighted by Gasteiger charge is 2.10. The van der Waals surface area contributed by atoms with E-state index in [0.29, 0.717) is 5.82 Å². The molecular formula is C14H9ClN4O2. The monoisotopic (exact) mass is 300 g/mol. The molecule has 0 saturated carbocycles. The number of hydrogen-bond donors (Lipinski definition) is 2. The molecule has 0 fully saturated rings. The lowest BCUT2D eigenvalue weighted by atomic mass is 10.0. The maximum atomic E-state index is 10.9. The molecule has 3 aromatic rings. The minimum atomic E-state index is -1.04. The number of carboxylic acid groups (broad SMARTS) is 1. The van der Waals surface area contributed by atoms with E-state index >= 15 is 0 Å². The molecule has 7 heteroatoms. The van der Waals surface area contributed by atoms with Crippen LogP contribution in [0, 0.1) is 0 Å². The van der Waals surface area contributed by atoms with Gasteiger partial charge in [-0.25, -0.2) is 4.79 Å². The number of benzene rings is 2. The number of hydrogen-bond acceptors (Lipinski definition) is 4. The molecule has 0 bridgehead atoms. The van der Waals surface area contributed by atoms with Gasteiger partial charge in [-0.1, -0.05) is 41.9 Å². The van der Waals surface area contributed by atoms with E-state index in [9.17, 15) is 4.79 Å². The van der Waals surface area contributed by atoms with Crippen LogP contribution in [0.3, 0.4) is 0 Å². The molecule has 0 radical (unpaired) electrons. The number of carbonyl (C=O) groups is 1. The fraction of sp³-hybridized carbons (Fsp3) is 0. The van der Waals surface area contributed by atoms with Gasteiger partial charge in [0.25, 0.3) is 0 Å². The average molecular weight is 301 g/mol. The van der Waals surface area contributed by atoms with Crippen LogP contribution in [0.5, 0.6) is 0 Å². The molecule has 2 aromatic carbocycles. The van der Waals surface area contributed by atoms with Gasteiger partial charge in [0.1, 0.15) is 0 Å². The lowest BCUT2D eigenvalue weighted by Gasteiger charge is -2.05. The third-order valence-electron chi connectivity index (χ3n) is 3.02. The molecule has 0 saturated heterocycles. The summed E-state index contributed by atoms with van der Waals surface area (Å²) in [4.78, 5) is 10.9. The highest BCUT2D eigenvalue weighted by molar-refractivity contribution is 6.33. The van der Waals surface area contributed by atoms with Crippen LogP contribution in [0.25, 0.3) is 22.5 Å². The number of aromatic carboxylic acids is 1. The first-order chi connectivity index (χ1) is 10.1. The van der Waals surface area contributed by atoms with E-state index in [1.165, 1.54) is 6.07 Å². The highest BCUT2D eigenvalue weighted by Crippen LogP contribution is 2.27. The molecule has 104 valence electrons. The molecule has 0 atom stereocenters. The van der Waals surface area contributed by atoms with Crippen LogP contribution in [0.1, 0.15) is 10.4 Å². The van der Waals surface area contributed by atoms with Crippen molar-refractivity contribution in [3.05, 3.63) is 53.1 Å². The van der Waals surface area contributed by atoms with E-state index in [2.05, 4.69) is 20.6 Å². The summed E-state index contributed by atoms with van der Waals surface area (Å²) in [6.45, 7) is 0. The van der Waals surface area contributed by atoms with Crippen molar-refractivity contribution in [2.45, 2.75) is 0 Å². The van der Waals surface area contributed by atoms with Gasteiger partial charge in [-0.05, 0) is 28.5 Å². The molecule has 0 aliphatic heterocycles. The van der Waals surface area contributed by atoms with Gasteiger partial charge in [0.15, 0.2) is 0 Å². The highest BCUT2D eigenvalue weighted by atomic mass is 35.5. The Hall–Kier alpha value is -2.73. The molecular weight excluding hydrogens is 292 g/mol. The summed E-state index contributed by atoms with van der Waals surface area (Å²) in [5.74, 6) is -0.528. The molecule has 1 aromatic heterocycles. The Labute approximate surface area is 124 Å². The Balaban J connectivity index is 1.94. The lowest BCUT2D eigenvalue weighted by Crippen LogP contribution is -1.97. The second kappa shape index (κ2) is 5.34. The van der Waals surface area contributed by atoms with Crippen molar-refractivity contribution in [2.24, 2.45) is 0 Å². The molecule has 3 rings (SSSR count). The number of aromatic nitrogens is 4. The summed E-state index contributed by atoms with van der Waals surface area (Å²) in [5, 5.41) is 22.9. The summed E-state index contributed by atoms with van der Waals surface area (Å²) in [7, 11) is 0. The molecule has 21 heavy (non-hydrogen) atoms. The quantitative estimate of drug-likeness (QED) is 0.776. The Bertz CT molecular complexity index is 785. The van der Waals surface area contributed by atoms with Gasteiger partial charge in [-0.3, -0.25) is 0 Å². The van der Waals surface area contributed by atoms with Gasteiger partial charge >= 0.3 is 5.97 Å². The van der Waals surface area contributed by atoms with Crippen LogP contribution in [0.2, 0.25) is 5.02 Å². The van der Waals surface area contributed by atoms with E-state index in [0.717, 1.165) is 16.7 Å². The number of rotatable bonds is 3. The lowest BCUT2D eigenvalue weighted by molar-refractivity contribution is 0.0697. The first-order valence-electron chi connectivity index (χ1n) is 6.02. The molecule has 0 aliphatic rings. The first-order valence-corrected chi connectivity index (χ1v) is 6.40. The van der Waals surface area contributed by atoms with Gasteiger partial charge in [0.05, 0.1) is 10.6 Å². The number of H-pyrrole nitrogens is 1. The zero-order valence-electron chi connectivity index (χ0n) is 10.6. The Morgan fingerprint density at radius 3 is 2.29 bits per heavy atom. The molecule has 0 unspecified atom stereocenters. The van der Waals surface area contributed by atoms with Crippen molar-refractivity contribution in [1.82, 2.24) is 20.6 Å². The van der Waals surface area contributed by atoms with Gasteiger partial charge < -0.3 is 5.11 Å². The SMILES string of the molecule is O=C(O)c1ccc(-c2ccc(-c3nn[nH]n3)cc2)cc1Cl. The van der Waals surface area contributed by atoms with E-state index in [1.54, 1.807) is 12.1 Å². The number of nitrogens with one attached hydrogen (secondary N) is 1. The summed E-state index contributed by atoms with van der Waals surface area (Å²) >= 11 is 5.97. The fourth-order valence-corrected chi connectivity index (χ4v) is 2.23. The molecule has 0 amide bonds. The second-order valence-corrected chi connectivity index (χ2v) is 4.72. The predicted molar refractivity (Wildman–Crippen MR) is 77.0 cm³/mol. The second-order valence-electron chi connectivity index (χ2n) is 4.31. The normalized spacial score (nSPS) is 10.5. The minimum Gasteiger partial charge on any atom is -0.478 e. The molecule has 0 spiro atoms. The van der Waals surface area contributed by atoms with Crippen molar-refractivity contribution in [3.8, 4) is 22.5 Å². The van der Waals surface area contributed by atoms with Gasteiger partial charge in [0, 0.05) is 5.56 Å². The molecule has 2 N–H and O–H groups in total. The third-order valence-corrected chi connectivity index (χ3v) is 3.33. The zero-order valence-corrected chi connectivity index (χ0v) is 11.4. The van der Waals surface area contributed by atoms with Crippen LogP contribution in [-0.2, 0) is 0 Å². The zero-order chi connectivity index (χ0) is 14.8. The minimum absolute atomic E-state index is 0.0869. The van der Waals surface area contributed by atoms with Gasteiger partial charge in [-0.2, -0.15) is 5.21 Å². The summed E-state index contributed by atoms with van der Waals surface area (Å²) in [6, 6.07) is 12.3. The Morgan fingerprint density at radius 1 is 1.05 bits per heavy atom. The smallest absolute Gasteiger partial charge is 0.337 e. The topological polar surface area (TPSA) is 91.8 Å². The van der Waals surface area contributed by atoms with E-state index in [-0.39, 0.29) is 10.6 Å². The third kappa shape index (κ3) is 2.61. The standard InChI is InChI=1S/C14H9ClN4O2/c15-12-7-10(5-6-11(12)14(20)21)8-1-3-9(4-2-8)13-16-18-19-17-13/h1-7H,(H,20,21)(H,16,17,18,19). The van der Waals surface area contributed by atoms with Crippen LogP contribution in [0.4, 0.5) is 0 Å². The summed E-state index contributed by atoms with van der Waals surface area (Å²) < 4.78 is 0. The molecule has 1 heterocycles. The van der Waals surface area contributed by atoms with Crippen molar-refractivity contribution < 1.29 is 9.90 Å². The number of aromatic amines is 1. The first kappa shape index (κ1) is 13.3. The number of halogens is 1. The fourth-order valence-electron chi connectivity index (χ4n) is 1.96. The van der Waals surface area contributed by atoms with E-state index < -0.39 is 5.97 Å². The number of carboxylic acids is 1. The number of tetrazole rings is 1. The predicted octanol–water partition coefficient (Wildman–Crippen LogP) is 2.89. The maximum Gasteiger partial charge on any atom is 0.337 e. The molecule has 0 aliphatic carbocycles. The number of nitrogens with zero attached hydrogens (tertiary/aromatic N) is 3. The van der Waals surface area contributed by atoms with Crippen molar-refractivity contribution in [3.63, 3.8) is 0 Å². The van der Waals surface area contributed by atoms with E-state index in [4.69, 9.17) is 16.7 Å². The summed E-state index contributed by atoms with van der Waals surface area (Å²) in [5.41, 5.74) is 2.68. The van der Waals surface area contributed by atoms with Gasteiger partial charge in [-0.15, -0.1) is 10.2 Å². The van der Waals surface area contributed by atoms with Crippen molar-refractivity contribution >= 4 is 17.6 Å². The van der Waals surface area contributed by atoms with Gasteiger partial charge in [0.2, 0.25) is 5.82 Å². The van der Waals surface area contributed by atoms with Crippen LogP contribution < -0.4 is 0 Å². The van der Waals surface area contributed by atoms with Crippen molar-refractivity contribution in [1.29, 1.82) is 0 Å². The van der Waals surface area contributed by atoms with Crippen LogP contribution >= 0.6 is 11.6 Å². The summed E-state index contributed by atoms with van der Waals surface area (Å²) in [6.07, 6.45) is 0. The Morgan fingerprint density at radius 2 is 1.71 bits per heavy atom. The van der Waals surface area contributed by atoms with Crippen LogP contribution in [0.15, 0.2) is 42.5 Å². The largest absolute Gasteiger partial charge is 0.478 e. The van der Waals surface area contributed by atoms with E-state index in [1.807, 2.05) is 24.3 Å². The van der Waals surface area contributed by atoms with Crippen LogP contribution in [-0.4, -0.2) is 31.7 Å². The maximum absolute atomic E-state index is 10.9.